The Balaban J connectivity index is 2.33. The Bertz CT molecular complexity index is 683. The van der Waals surface area contributed by atoms with Crippen LogP contribution in [-0.4, -0.2) is 15.9 Å². The first-order chi connectivity index (χ1) is 9.49. The lowest BCUT2D eigenvalue weighted by molar-refractivity contribution is -0.385. The van der Waals surface area contributed by atoms with E-state index in [4.69, 9.17) is 0 Å². The van der Waals surface area contributed by atoms with Gasteiger partial charge in [0, 0.05) is 6.07 Å². The highest BCUT2D eigenvalue weighted by atomic mass is 16.6. The maximum absolute atomic E-state index is 12.1. The second-order valence-corrected chi connectivity index (χ2v) is 4.25. The highest BCUT2D eigenvalue weighted by Crippen LogP contribution is 2.26. The molecule has 1 amide bonds. The van der Waals surface area contributed by atoms with Crippen molar-refractivity contribution in [3.63, 3.8) is 0 Å². The summed E-state index contributed by atoms with van der Waals surface area (Å²) in [5.74, 6) is -0.735. The number of phenolic OH excluding ortho intramolecular Hbond substituents is 1. The second-order valence-electron chi connectivity index (χ2n) is 4.25. The van der Waals surface area contributed by atoms with E-state index in [2.05, 4.69) is 5.32 Å². The smallest absolute Gasteiger partial charge is 0.282 e. The maximum atomic E-state index is 12.1. The topological polar surface area (TPSA) is 92.5 Å². The fourth-order valence-corrected chi connectivity index (χ4v) is 1.76. The number of anilines is 1. The van der Waals surface area contributed by atoms with Crippen LogP contribution in [0.3, 0.4) is 0 Å². The van der Waals surface area contributed by atoms with Crippen LogP contribution in [0.1, 0.15) is 15.9 Å². The second kappa shape index (κ2) is 5.40. The Kier molecular flexibility index (Phi) is 3.65. The molecule has 2 rings (SSSR count). The molecular formula is C14H12N2O4. The van der Waals surface area contributed by atoms with E-state index < -0.39 is 10.8 Å². The van der Waals surface area contributed by atoms with Gasteiger partial charge in [-0.1, -0.05) is 18.2 Å². The number of benzene rings is 2. The van der Waals surface area contributed by atoms with E-state index in [0.29, 0.717) is 0 Å². The first-order valence-corrected chi connectivity index (χ1v) is 5.83. The number of phenols is 1. The summed E-state index contributed by atoms with van der Waals surface area (Å²) in [7, 11) is 0. The average molecular weight is 272 g/mol. The van der Waals surface area contributed by atoms with Gasteiger partial charge in [-0.15, -0.1) is 0 Å². The van der Waals surface area contributed by atoms with Gasteiger partial charge in [-0.05, 0) is 30.7 Å². The Morgan fingerprint density at radius 2 is 1.95 bits per heavy atom. The van der Waals surface area contributed by atoms with Crippen LogP contribution in [0.5, 0.6) is 5.75 Å². The minimum Gasteiger partial charge on any atom is -0.506 e. The van der Waals surface area contributed by atoms with Gasteiger partial charge in [-0.25, -0.2) is 0 Å². The number of nitrogens with one attached hydrogen (secondary N) is 1. The molecule has 0 saturated carbocycles. The third-order valence-corrected chi connectivity index (χ3v) is 2.75. The van der Waals surface area contributed by atoms with Gasteiger partial charge < -0.3 is 10.4 Å². The van der Waals surface area contributed by atoms with Crippen molar-refractivity contribution in [2.45, 2.75) is 6.92 Å². The molecule has 2 aromatic carbocycles. The fraction of sp³-hybridized carbons (Fsp3) is 0.0714. The monoisotopic (exact) mass is 272 g/mol. The molecule has 0 unspecified atom stereocenters. The fourth-order valence-electron chi connectivity index (χ4n) is 1.76. The summed E-state index contributed by atoms with van der Waals surface area (Å²) in [5.41, 5.74) is 0.726. The van der Waals surface area contributed by atoms with Crippen molar-refractivity contribution in [2.75, 3.05) is 5.32 Å². The van der Waals surface area contributed by atoms with Crippen LogP contribution in [0.25, 0.3) is 0 Å². The molecule has 2 N–H and O–H groups in total. The number of nitro groups is 1. The molecule has 102 valence electrons. The Labute approximate surface area is 114 Å². The first-order valence-electron chi connectivity index (χ1n) is 5.83. The molecule has 0 aliphatic heterocycles. The minimum absolute atomic E-state index is 0.0570. The van der Waals surface area contributed by atoms with E-state index in [-0.39, 0.29) is 22.7 Å². The van der Waals surface area contributed by atoms with Crippen molar-refractivity contribution in [1.82, 2.24) is 0 Å². The van der Waals surface area contributed by atoms with Crippen molar-refractivity contribution >= 4 is 17.3 Å². The van der Waals surface area contributed by atoms with Crippen LogP contribution in [-0.2, 0) is 0 Å². The molecule has 0 fully saturated rings. The van der Waals surface area contributed by atoms with Gasteiger partial charge in [0.25, 0.3) is 11.6 Å². The molecular weight excluding hydrogens is 260 g/mol. The number of hydrogen-bond donors (Lipinski definition) is 2. The van der Waals surface area contributed by atoms with E-state index >= 15 is 0 Å². The molecule has 0 bridgehead atoms. The molecule has 0 heterocycles. The van der Waals surface area contributed by atoms with Gasteiger partial charge in [-0.3, -0.25) is 14.9 Å². The molecule has 0 radical (unpaired) electrons. The Morgan fingerprint density at radius 3 is 2.65 bits per heavy atom. The number of aromatic hydroxyl groups is 1. The third kappa shape index (κ3) is 2.74. The SMILES string of the molecule is Cc1ccc(O)c(NC(=O)c2ccccc2[N+](=O)[O-])c1. The van der Waals surface area contributed by atoms with Gasteiger partial charge in [0.05, 0.1) is 10.6 Å². The van der Waals surface area contributed by atoms with Crippen LogP contribution in [0, 0.1) is 17.0 Å². The maximum Gasteiger partial charge on any atom is 0.282 e. The van der Waals surface area contributed by atoms with E-state index in [1.165, 1.54) is 30.3 Å². The van der Waals surface area contributed by atoms with Gasteiger partial charge in [0.1, 0.15) is 11.3 Å². The lowest BCUT2D eigenvalue weighted by Gasteiger charge is -2.08. The minimum atomic E-state index is -0.641. The van der Waals surface area contributed by atoms with Crippen molar-refractivity contribution in [3.05, 3.63) is 63.7 Å². The summed E-state index contributed by atoms with van der Waals surface area (Å²) in [6.07, 6.45) is 0. The van der Waals surface area contributed by atoms with Crippen molar-refractivity contribution in [3.8, 4) is 5.75 Å². The zero-order valence-corrected chi connectivity index (χ0v) is 10.7. The number of hydrogen-bond acceptors (Lipinski definition) is 4. The predicted octanol–water partition coefficient (Wildman–Crippen LogP) is 2.86. The predicted molar refractivity (Wildman–Crippen MR) is 73.9 cm³/mol. The molecule has 0 saturated heterocycles. The Morgan fingerprint density at radius 1 is 1.25 bits per heavy atom. The first kappa shape index (κ1) is 13.5. The highest BCUT2D eigenvalue weighted by Gasteiger charge is 2.19. The lowest BCUT2D eigenvalue weighted by Crippen LogP contribution is -2.14. The molecule has 0 aromatic heterocycles. The van der Waals surface area contributed by atoms with E-state index in [1.807, 2.05) is 0 Å². The average Bonchev–Trinajstić information content (AvgIpc) is 2.42. The number of carbonyl (C=O) groups excluding carboxylic acids is 1. The number of carbonyl (C=O) groups is 1. The number of nitrogens with zero attached hydrogens (tertiary/aromatic N) is 1. The van der Waals surface area contributed by atoms with Crippen molar-refractivity contribution in [1.29, 1.82) is 0 Å². The Hall–Kier alpha value is -2.89. The summed E-state index contributed by atoms with van der Waals surface area (Å²) in [6, 6.07) is 10.4. The van der Waals surface area contributed by atoms with Gasteiger partial charge >= 0.3 is 0 Å². The molecule has 0 aliphatic carbocycles. The molecule has 6 heteroatoms. The van der Waals surface area contributed by atoms with E-state index in [9.17, 15) is 20.0 Å². The van der Waals surface area contributed by atoms with E-state index in [1.54, 1.807) is 19.1 Å². The molecule has 0 atom stereocenters. The highest BCUT2D eigenvalue weighted by molar-refractivity contribution is 6.07. The number of para-hydroxylation sites is 1. The van der Waals surface area contributed by atoms with Crippen LogP contribution in [0.4, 0.5) is 11.4 Å². The quantitative estimate of drug-likeness (QED) is 0.510. The van der Waals surface area contributed by atoms with Gasteiger partial charge in [0.2, 0.25) is 0 Å². The summed E-state index contributed by atoms with van der Waals surface area (Å²) in [4.78, 5) is 22.3. The van der Waals surface area contributed by atoms with E-state index in [0.717, 1.165) is 5.56 Å². The molecule has 0 spiro atoms. The zero-order chi connectivity index (χ0) is 14.7. The van der Waals surface area contributed by atoms with Crippen LogP contribution in [0.2, 0.25) is 0 Å². The molecule has 0 aliphatic rings. The number of amides is 1. The van der Waals surface area contributed by atoms with Gasteiger partial charge in [0.15, 0.2) is 0 Å². The number of aryl methyl sites for hydroxylation is 1. The summed E-state index contributed by atoms with van der Waals surface area (Å²) < 4.78 is 0. The van der Waals surface area contributed by atoms with Crippen LogP contribution >= 0.6 is 0 Å². The standard InChI is InChI=1S/C14H12N2O4/c1-9-6-7-13(17)11(8-9)15-14(18)10-4-2-3-5-12(10)16(19)20/h2-8,17H,1H3,(H,15,18). The number of rotatable bonds is 3. The largest absolute Gasteiger partial charge is 0.506 e. The van der Waals surface area contributed by atoms with Gasteiger partial charge in [-0.2, -0.15) is 0 Å². The summed E-state index contributed by atoms with van der Waals surface area (Å²) in [6.45, 7) is 1.81. The van der Waals surface area contributed by atoms with Crippen LogP contribution in [0.15, 0.2) is 42.5 Å². The van der Waals surface area contributed by atoms with Crippen LogP contribution < -0.4 is 5.32 Å². The zero-order valence-electron chi connectivity index (χ0n) is 10.7. The lowest BCUT2D eigenvalue weighted by atomic mass is 10.1. The number of nitro benzene ring substituents is 1. The normalized spacial score (nSPS) is 10.1. The summed E-state index contributed by atoms with van der Waals surface area (Å²) >= 11 is 0. The van der Waals surface area contributed by atoms with Crippen molar-refractivity contribution in [2.24, 2.45) is 0 Å². The molecule has 2 aromatic rings. The molecule has 6 nitrogen and oxygen atoms in total. The summed E-state index contributed by atoms with van der Waals surface area (Å²) in [5, 5.41) is 23.0. The molecule has 20 heavy (non-hydrogen) atoms. The van der Waals surface area contributed by atoms with Crippen molar-refractivity contribution < 1.29 is 14.8 Å². The third-order valence-electron chi connectivity index (χ3n) is 2.75.